The van der Waals surface area contributed by atoms with Gasteiger partial charge in [-0.25, -0.2) is 0 Å². The maximum Gasteiger partial charge on any atom is 0.223 e. The zero-order valence-corrected chi connectivity index (χ0v) is 18.5. The summed E-state index contributed by atoms with van der Waals surface area (Å²) in [6.45, 7) is 13.2. The predicted octanol–water partition coefficient (Wildman–Crippen LogP) is 2.54. The van der Waals surface area contributed by atoms with Gasteiger partial charge < -0.3 is 19.4 Å². The summed E-state index contributed by atoms with van der Waals surface area (Å²) in [6.07, 6.45) is 2.97. The van der Waals surface area contributed by atoms with Gasteiger partial charge in [0.1, 0.15) is 5.75 Å². The van der Waals surface area contributed by atoms with E-state index in [2.05, 4.69) is 45.6 Å². The summed E-state index contributed by atoms with van der Waals surface area (Å²) in [5.41, 5.74) is 1.19. The highest BCUT2D eigenvalue weighted by molar-refractivity contribution is 5.76. The molecule has 1 aromatic rings. The first-order valence-electron chi connectivity index (χ1n) is 11.3. The van der Waals surface area contributed by atoms with E-state index in [1.165, 1.54) is 12.1 Å². The number of nitrogens with zero attached hydrogens (tertiary/aromatic N) is 4. The summed E-state index contributed by atoms with van der Waals surface area (Å²) in [7, 11) is 1.74. The number of hydrogen-bond donors (Lipinski definition) is 0. The van der Waals surface area contributed by atoms with Gasteiger partial charge in [-0.05, 0) is 38.1 Å². The number of likely N-dealkylation sites (tertiary alicyclic amines) is 1. The Bertz CT molecular complexity index is 642. The van der Waals surface area contributed by atoms with Crippen LogP contribution >= 0.6 is 0 Å². The molecule has 3 rings (SSSR count). The van der Waals surface area contributed by atoms with Crippen molar-refractivity contribution in [3.05, 3.63) is 24.3 Å². The van der Waals surface area contributed by atoms with Crippen LogP contribution in [0.4, 0.5) is 5.69 Å². The van der Waals surface area contributed by atoms with Crippen molar-refractivity contribution in [2.24, 2.45) is 0 Å². The molecular formula is C23H38N4O2. The van der Waals surface area contributed by atoms with Crippen LogP contribution in [0.2, 0.25) is 0 Å². The first-order valence-corrected chi connectivity index (χ1v) is 11.3. The fraction of sp³-hybridized carbons (Fsp3) is 0.696. The van der Waals surface area contributed by atoms with Crippen LogP contribution in [0, 0.1) is 0 Å². The fourth-order valence-corrected chi connectivity index (χ4v) is 4.65. The Hall–Kier alpha value is -1.79. The standard InChI is InChI=1S/C23H38N4O2/c1-4-24(5-2)14-12-23(28)27-13-8-9-20(19-27)25-15-17-26(18-16-25)21-10-6-7-11-22(21)29-3/h6-7,10-11,20H,4-5,8-9,12-19H2,1-3H3/t20-/m1/s1. The molecule has 6 nitrogen and oxygen atoms in total. The van der Waals surface area contributed by atoms with E-state index in [0.29, 0.717) is 18.4 Å². The molecule has 0 radical (unpaired) electrons. The molecule has 2 aliphatic rings. The van der Waals surface area contributed by atoms with Crippen LogP contribution in [-0.4, -0.2) is 92.7 Å². The second kappa shape index (κ2) is 10.8. The van der Waals surface area contributed by atoms with Gasteiger partial charge in [0.15, 0.2) is 0 Å². The Morgan fingerprint density at radius 3 is 2.52 bits per heavy atom. The van der Waals surface area contributed by atoms with E-state index < -0.39 is 0 Å². The number of ether oxygens (including phenoxy) is 1. The summed E-state index contributed by atoms with van der Waals surface area (Å²) in [5, 5.41) is 0. The average molecular weight is 403 g/mol. The van der Waals surface area contributed by atoms with Gasteiger partial charge >= 0.3 is 0 Å². The molecule has 2 fully saturated rings. The van der Waals surface area contributed by atoms with Crippen LogP contribution in [0.1, 0.15) is 33.1 Å². The van der Waals surface area contributed by atoms with Gasteiger partial charge in [0.05, 0.1) is 12.8 Å². The third kappa shape index (κ3) is 5.64. The average Bonchev–Trinajstić information content (AvgIpc) is 2.79. The number of para-hydroxylation sites is 2. The number of methoxy groups -OCH3 is 1. The lowest BCUT2D eigenvalue weighted by Gasteiger charge is -2.44. The van der Waals surface area contributed by atoms with E-state index in [4.69, 9.17) is 4.74 Å². The fourth-order valence-electron chi connectivity index (χ4n) is 4.65. The van der Waals surface area contributed by atoms with Crippen LogP contribution < -0.4 is 9.64 Å². The molecule has 0 spiro atoms. The van der Waals surface area contributed by atoms with E-state index in [-0.39, 0.29) is 0 Å². The van der Waals surface area contributed by atoms with Gasteiger partial charge in [0.25, 0.3) is 0 Å². The molecule has 162 valence electrons. The summed E-state index contributed by atoms with van der Waals surface area (Å²) in [4.78, 5) is 22.2. The Labute approximate surface area is 176 Å². The second-order valence-corrected chi connectivity index (χ2v) is 8.11. The van der Waals surface area contributed by atoms with Crippen molar-refractivity contribution in [3.8, 4) is 5.75 Å². The van der Waals surface area contributed by atoms with Crippen molar-refractivity contribution in [2.75, 3.05) is 70.9 Å². The van der Waals surface area contributed by atoms with Gasteiger partial charge in [0.2, 0.25) is 5.91 Å². The largest absolute Gasteiger partial charge is 0.495 e. The molecule has 0 bridgehead atoms. The number of benzene rings is 1. The molecular weight excluding hydrogens is 364 g/mol. The minimum absolute atomic E-state index is 0.328. The number of piperazine rings is 1. The second-order valence-electron chi connectivity index (χ2n) is 8.11. The van der Waals surface area contributed by atoms with Crippen LogP contribution in [0.25, 0.3) is 0 Å². The molecule has 2 aliphatic heterocycles. The molecule has 2 heterocycles. The van der Waals surface area contributed by atoms with Crippen molar-refractivity contribution in [3.63, 3.8) is 0 Å². The first-order chi connectivity index (χ1) is 14.2. The Morgan fingerprint density at radius 1 is 1.10 bits per heavy atom. The molecule has 0 unspecified atom stereocenters. The van der Waals surface area contributed by atoms with Gasteiger partial charge in [-0.1, -0.05) is 26.0 Å². The smallest absolute Gasteiger partial charge is 0.223 e. The summed E-state index contributed by atoms with van der Waals surface area (Å²) in [5.74, 6) is 1.28. The SMILES string of the molecule is CCN(CC)CCC(=O)N1CCC[C@@H](N2CCN(c3ccccc3OC)CC2)C1. The lowest BCUT2D eigenvalue weighted by molar-refractivity contribution is -0.133. The van der Waals surface area contributed by atoms with Gasteiger partial charge in [0, 0.05) is 58.3 Å². The van der Waals surface area contributed by atoms with Crippen molar-refractivity contribution >= 4 is 11.6 Å². The van der Waals surface area contributed by atoms with E-state index in [1.807, 2.05) is 12.1 Å². The van der Waals surface area contributed by atoms with Crippen LogP contribution in [0.5, 0.6) is 5.75 Å². The summed E-state index contributed by atoms with van der Waals surface area (Å²) < 4.78 is 5.54. The van der Waals surface area contributed by atoms with E-state index in [9.17, 15) is 4.79 Å². The minimum Gasteiger partial charge on any atom is -0.495 e. The zero-order chi connectivity index (χ0) is 20.6. The third-order valence-corrected chi connectivity index (χ3v) is 6.54. The predicted molar refractivity (Wildman–Crippen MR) is 119 cm³/mol. The maximum absolute atomic E-state index is 12.7. The molecule has 29 heavy (non-hydrogen) atoms. The molecule has 0 aromatic heterocycles. The van der Waals surface area contributed by atoms with Gasteiger partial charge in [-0.3, -0.25) is 9.69 Å². The van der Waals surface area contributed by atoms with Crippen molar-refractivity contribution in [1.82, 2.24) is 14.7 Å². The quantitative estimate of drug-likeness (QED) is 0.668. The molecule has 1 amide bonds. The molecule has 0 N–H and O–H groups in total. The van der Waals surface area contributed by atoms with E-state index >= 15 is 0 Å². The Morgan fingerprint density at radius 2 is 1.83 bits per heavy atom. The number of carbonyl (C=O) groups excluding carboxylic acids is 1. The normalized spacial score (nSPS) is 20.9. The van der Waals surface area contributed by atoms with Crippen LogP contribution in [0.15, 0.2) is 24.3 Å². The lowest BCUT2D eigenvalue weighted by Crippen LogP contribution is -2.56. The number of hydrogen-bond acceptors (Lipinski definition) is 5. The molecule has 1 aromatic carbocycles. The molecule has 0 saturated carbocycles. The number of carbonyl (C=O) groups is 1. The molecule has 1 atom stereocenters. The number of piperidine rings is 1. The monoisotopic (exact) mass is 402 g/mol. The number of amides is 1. The Kier molecular flexibility index (Phi) is 8.19. The van der Waals surface area contributed by atoms with Crippen molar-refractivity contribution in [1.29, 1.82) is 0 Å². The summed E-state index contributed by atoms with van der Waals surface area (Å²) >= 11 is 0. The van der Waals surface area contributed by atoms with Gasteiger partial charge in [-0.2, -0.15) is 0 Å². The maximum atomic E-state index is 12.7. The molecule has 0 aliphatic carbocycles. The van der Waals surface area contributed by atoms with Crippen LogP contribution in [-0.2, 0) is 4.79 Å². The highest BCUT2D eigenvalue weighted by Crippen LogP contribution is 2.29. The van der Waals surface area contributed by atoms with E-state index in [0.717, 1.165) is 71.1 Å². The minimum atomic E-state index is 0.328. The Balaban J connectivity index is 1.50. The summed E-state index contributed by atoms with van der Waals surface area (Å²) in [6, 6.07) is 8.77. The zero-order valence-electron chi connectivity index (χ0n) is 18.5. The van der Waals surface area contributed by atoms with Crippen LogP contribution in [0.3, 0.4) is 0 Å². The van der Waals surface area contributed by atoms with Crippen molar-refractivity contribution in [2.45, 2.75) is 39.2 Å². The number of anilines is 1. The lowest BCUT2D eigenvalue weighted by atomic mass is 10.0. The van der Waals surface area contributed by atoms with Crippen molar-refractivity contribution < 1.29 is 9.53 Å². The number of rotatable bonds is 8. The molecule has 2 saturated heterocycles. The third-order valence-electron chi connectivity index (χ3n) is 6.54. The first kappa shape index (κ1) is 21.9. The highest BCUT2D eigenvalue weighted by atomic mass is 16.5. The van der Waals surface area contributed by atoms with E-state index in [1.54, 1.807) is 7.11 Å². The molecule has 6 heteroatoms. The highest BCUT2D eigenvalue weighted by Gasteiger charge is 2.30. The topological polar surface area (TPSA) is 39.3 Å². The van der Waals surface area contributed by atoms with Gasteiger partial charge in [-0.15, -0.1) is 0 Å².